The van der Waals surface area contributed by atoms with Crippen molar-refractivity contribution in [3.63, 3.8) is 0 Å². The second-order valence-electron chi connectivity index (χ2n) is 16.5. The van der Waals surface area contributed by atoms with Gasteiger partial charge in [-0.2, -0.15) is 0 Å². The fraction of sp³-hybridized carbons (Fsp3) is 0.571. The highest BCUT2D eigenvalue weighted by atomic mass is 16.2. The monoisotopic (exact) mass is 648 g/mol. The largest absolute Gasteiger partial charge is 0.350 e. The molecule has 8 rings (SSSR count). The van der Waals surface area contributed by atoms with Crippen LogP contribution in [0.1, 0.15) is 90.2 Å². The Hall–Kier alpha value is -3.54. The molecule has 0 saturated heterocycles. The minimum Gasteiger partial charge on any atom is -0.350 e. The molecule has 0 heterocycles. The van der Waals surface area contributed by atoms with Gasteiger partial charge in [0, 0.05) is 48.5 Å². The molecule has 0 radical (unpaired) electrons. The third kappa shape index (κ3) is 5.29. The lowest BCUT2D eigenvalue weighted by Crippen LogP contribution is -2.68. The summed E-state index contributed by atoms with van der Waals surface area (Å²) in [5, 5.41) is 6.37. The lowest BCUT2D eigenvalue weighted by molar-refractivity contribution is -0.195. The minimum atomic E-state index is -0.697. The molecule has 6 nitrogen and oxygen atoms in total. The second-order valence-corrected chi connectivity index (χ2v) is 16.5. The van der Waals surface area contributed by atoms with Crippen LogP contribution in [0.4, 0.5) is 0 Å². The Balaban J connectivity index is 1.17. The van der Waals surface area contributed by atoms with E-state index in [1.54, 1.807) is 0 Å². The summed E-state index contributed by atoms with van der Waals surface area (Å²) in [6.45, 7) is 9.41. The number of fused-ring (bicyclic) bond motifs is 1. The van der Waals surface area contributed by atoms with Gasteiger partial charge in [-0.3, -0.25) is 19.2 Å². The predicted octanol–water partition coefficient (Wildman–Crippen LogP) is 7.02. The molecular formula is C42H52N2O4. The summed E-state index contributed by atoms with van der Waals surface area (Å²) in [5.41, 5.74) is 2.31. The summed E-state index contributed by atoms with van der Waals surface area (Å²) < 4.78 is 0. The molecule has 0 aromatic heterocycles. The van der Waals surface area contributed by atoms with Crippen molar-refractivity contribution in [2.24, 2.45) is 51.8 Å². The van der Waals surface area contributed by atoms with Gasteiger partial charge in [0.05, 0.1) is 0 Å². The van der Waals surface area contributed by atoms with Gasteiger partial charge in [-0.25, -0.2) is 0 Å². The van der Waals surface area contributed by atoms with Crippen LogP contribution in [-0.2, 0) is 32.1 Å². The molecule has 4 fully saturated rings. The first-order valence-corrected chi connectivity index (χ1v) is 18.4. The van der Waals surface area contributed by atoms with Crippen LogP contribution in [-0.4, -0.2) is 29.4 Å². The molecule has 48 heavy (non-hydrogen) atoms. The van der Waals surface area contributed by atoms with Gasteiger partial charge in [-0.1, -0.05) is 106 Å². The topological polar surface area (TPSA) is 92.3 Å². The smallest absolute Gasteiger partial charge is 0.243 e. The number of carbonyl (C=O) groups excluding carboxylic acids is 4. The van der Waals surface area contributed by atoms with Gasteiger partial charge in [-0.05, 0) is 72.3 Å². The highest BCUT2D eigenvalue weighted by molar-refractivity contribution is 5.98. The van der Waals surface area contributed by atoms with Crippen LogP contribution >= 0.6 is 0 Å². The van der Waals surface area contributed by atoms with E-state index >= 15 is 0 Å². The van der Waals surface area contributed by atoms with Crippen LogP contribution in [0.15, 0.2) is 72.3 Å². The first kappa shape index (κ1) is 33.0. The molecule has 2 aromatic carbocycles. The summed E-state index contributed by atoms with van der Waals surface area (Å²) in [6, 6.07) is 19.1. The fourth-order valence-corrected chi connectivity index (χ4v) is 11.6. The maximum absolute atomic E-state index is 14.7. The zero-order valence-corrected chi connectivity index (χ0v) is 29.1. The second kappa shape index (κ2) is 12.4. The van der Waals surface area contributed by atoms with Crippen molar-refractivity contribution in [1.29, 1.82) is 0 Å². The lowest BCUT2D eigenvalue weighted by Gasteiger charge is -2.70. The van der Waals surface area contributed by atoms with Crippen LogP contribution in [0.3, 0.4) is 0 Å². The first-order chi connectivity index (χ1) is 23.0. The molecule has 6 heteroatoms. The number of benzene rings is 2. The van der Waals surface area contributed by atoms with Gasteiger partial charge >= 0.3 is 0 Å². The number of hydrogen-bond donors (Lipinski definition) is 2. The van der Waals surface area contributed by atoms with Crippen LogP contribution in [0.25, 0.3) is 0 Å². The standard InChI is InChI=1S/C42H52N2O4/c1-26(2)30-24-42-21-18-34-40(3,35(42)23-29(30)36-32(45)16-17-33(46)37(36)42)19-11-20-41(34,4)39(48)44-31(22-27-12-7-5-8-13-27)38(47)43-25-28-14-9-6-10-15-28/h5-10,12-15,24,26,29,31,34-37H,11,16-23,25H2,1-4H3,(H,43,47)(H,44,48). The number of allylic oxidation sites excluding steroid dienone is 2. The highest BCUT2D eigenvalue weighted by Gasteiger charge is 2.70. The normalized spacial score (nSPS) is 35.9. The average Bonchev–Trinajstić information content (AvgIpc) is 3.08. The van der Waals surface area contributed by atoms with Crippen molar-refractivity contribution in [3.05, 3.63) is 83.4 Å². The number of rotatable bonds is 8. The molecular weight excluding hydrogens is 596 g/mol. The number of nitrogens with one attached hydrogen (secondary N) is 2. The molecule has 6 aliphatic rings. The van der Waals surface area contributed by atoms with Crippen molar-refractivity contribution in [2.45, 2.75) is 98.1 Å². The Labute approximate surface area is 285 Å². The number of hydrogen-bond acceptors (Lipinski definition) is 4. The minimum absolute atomic E-state index is 0.0358. The van der Waals surface area contributed by atoms with Crippen LogP contribution in [0, 0.1) is 51.8 Å². The Bertz CT molecular complexity index is 1620. The molecule has 254 valence electrons. The first-order valence-electron chi connectivity index (χ1n) is 18.4. The zero-order chi connectivity index (χ0) is 33.8. The zero-order valence-electron chi connectivity index (χ0n) is 29.1. The number of ketones is 2. The molecule has 1 spiro atoms. The molecule has 9 atom stereocenters. The molecule has 2 bridgehead atoms. The summed E-state index contributed by atoms with van der Waals surface area (Å²) in [6.07, 6.45) is 9.04. The lowest BCUT2D eigenvalue weighted by atomic mass is 9.33. The van der Waals surface area contributed by atoms with E-state index in [2.05, 4.69) is 44.4 Å². The van der Waals surface area contributed by atoms with Gasteiger partial charge in [0.25, 0.3) is 0 Å². The van der Waals surface area contributed by atoms with Gasteiger partial charge in [0.2, 0.25) is 11.8 Å². The highest BCUT2D eigenvalue weighted by Crippen LogP contribution is 2.74. The van der Waals surface area contributed by atoms with Crippen LogP contribution in [0.5, 0.6) is 0 Å². The Kier molecular flexibility index (Phi) is 8.53. The summed E-state index contributed by atoms with van der Waals surface area (Å²) in [5.74, 6) is 0.845. The quantitative estimate of drug-likeness (QED) is 0.301. The average molecular weight is 649 g/mol. The van der Waals surface area contributed by atoms with E-state index in [-0.39, 0.29) is 58.0 Å². The number of amides is 2. The van der Waals surface area contributed by atoms with E-state index in [0.29, 0.717) is 37.5 Å². The molecule has 2 aromatic rings. The summed E-state index contributed by atoms with van der Waals surface area (Å²) in [4.78, 5) is 55.7. The molecule has 6 aliphatic carbocycles. The summed E-state index contributed by atoms with van der Waals surface area (Å²) >= 11 is 0. The SMILES string of the molecule is CC(C)C1=CC23CCC4C(C)(C(=O)NC(Cc5ccccc5)C(=O)NCc5ccccc5)CCCC4(C)C2CC1C1C(=O)CCC(=O)C13. The van der Waals surface area contributed by atoms with Gasteiger partial charge < -0.3 is 10.6 Å². The Morgan fingerprint density at radius 3 is 2.21 bits per heavy atom. The third-order valence-corrected chi connectivity index (χ3v) is 13.7. The van der Waals surface area contributed by atoms with Crippen molar-refractivity contribution < 1.29 is 19.2 Å². The number of Topliss-reactive ketones (excluding diaryl/α,β-unsaturated/α-hetero) is 2. The molecule has 2 N–H and O–H groups in total. The Morgan fingerprint density at radius 2 is 1.52 bits per heavy atom. The molecule has 9 unspecified atom stereocenters. The van der Waals surface area contributed by atoms with Crippen LogP contribution in [0.2, 0.25) is 0 Å². The van der Waals surface area contributed by atoms with Crippen molar-refractivity contribution in [2.75, 3.05) is 0 Å². The van der Waals surface area contributed by atoms with Gasteiger partial charge in [-0.15, -0.1) is 0 Å². The van der Waals surface area contributed by atoms with Crippen LogP contribution < -0.4 is 10.6 Å². The molecule has 4 saturated carbocycles. The molecule has 0 aliphatic heterocycles. The maximum Gasteiger partial charge on any atom is 0.243 e. The summed E-state index contributed by atoms with van der Waals surface area (Å²) in [7, 11) is 0. The maximum atomic E-state index is 14.7. The molecule has 2 amide bonds. The van der Waals surface area contributed by atoms with E-state index in [4.69, 9.17) is 0 Å². The van der Waals surface area contributed by atoms with E-state index in [1.807, 2.05) is 60.7 Å². The predicted molar refractivity (Wildman–Crippen MR) is 186 cm³/mol. The fourth-order valence-electron chi connectivity index (χ4n) is 11.6. The third-order valence-electron chi connectivity index (χ3n) is 13.7. The van der Waals surface area contributed by atoms with Gasteiger partial charge in [0.15, 0.2) is 0 Å². The van der Waals surface area contributed by atoms with Gasteiger partial charge in [0.1, 0.15) is 17.6 Å². The van der Waals surface area contributed by atoms with E-state index in [0.717, 1.165) is 49.7 Å². The van der Waals surface area contributed by atoms with Crippen molar-refractivity contribution >= 4 is 23.4 Å². The van der Waals surface area contributed by atoms with E-state index in [1.165, 1.54) is 5.57 Å². The van der Waals surface area contributed by atoms with E-state index in [9.17, 15) is 19.2 Å². The Morgan fingerprint density at radius 1 is 0.854 bits per heavy atom. The number of carbonyl (C=O) groups is 4. The van der Waals surface area contributed by atoms with Crippen molar-refractivity contribution in [3.8, 4) is 0 Å². The van der Waals surface area contributed by atoms with Crippen molar-refractivity contribution in [1.82, 2.24) is 10.6 Å². The van der Waals surface area contributed by atoms with E-state index < -0.39 is 11.5 Å².